The van der Waals surface area contributed by atoms with Crippen molar-refractivity contribution in [3.63, 3.8) is 0 Å². The highest BCUT2D eigenvalue weighted by Gasteiger charge is 2.05. The Morgan fingerprint density at radius 3 is 2.68 bits per heavy atom. The van der Waals surface area contributed by atoms with Crippen LogP contribution in [0.4, 0.5) is 0 Å². The van der Waals surface area contributed by atoms with E-state index in [2.05, 4.69) is 15.6 Å². The Labute approximate surface area is 137 Å². The molecule has 1 aromatic rings. The van der Waals surface area contributed by atoms with Gasteiger partial charge >= 0.3 is 0 Å². The zero-order chi connectivity index (χ0) is 13.4. The van der Waals surface area contributed by atoms with Crippen LogP contribution in [0.2, 0.25) is 5.02 Å². The lowest BCUT2D eigenvalue weighted by atomic mass is 10.2. The van der Waals surface area contributed by atoms with E-state index in [1.165, 1.54) is 0 Å². The molecule has 0 aromatic heterocycles. The lowest BCUT2D eigenvalue weighted by Crippen LogP contribution is -2.43. The molecule has 0 fully saturated rings. The van der Waals surface area contributed by atoms with E-state index in [-0.39, 0.29) is 30.0 Å². The second-order valence-corrected chi connectivity index (χ2v) is 4.43. The fourth-order valence-electron chi connectivity index (χ4n) is 1.54. The van der Waals surface area contributed by atoms with Gasteiger partial charge in [-0.25, -0.2) is 0 Å². The standard InChI is InChI=1S/C13H20ClN3O.HI/c1-10(9-18-3)17-13(15-2)16-8-11-6-4-5-7-12(11)14;/h4-7,10H,8-9H2,1-3H3,(H2,15,16,17);1H. The molecule has 1 unspecified atom stereocenters. The Kier molecular flexibility index (Phi) is 9.99. The first-order valence-electron chi connectivity index (χ1n) is 5.87. The Bertz CT molecular complexity index is 401. The summed E-state index contributed by atoms with van der Waals surface area (Å²) in [5, 5.41) is 7.20. The lowest BCUT2D eigenvalue weighted by molar-refractivity contribution is 0.179. The molecular formula is C13H21ClIN3O. The zero-order valence-electron chi connectivity index (χ0n) is 11.4. The number of guanidine groups is 1. The summed E-state index contributed by atoms with van der Waals surface area (Å²) >= 11 is 6.09. The van der Waals surface area contributed by atoms with Crippen molar-refractivity contribution in [2.45, 2.75) is 19.5 Å². The van der Waals surface area contributed by atoms with Gasteiger partial charge in [-0.2, -0.15) is 0 Å². The summed E-state index contributed by atoms with van der Waals surface area (Å²) in [6, 6.07) is 7.95. The second kappa shape index (κ2) is 10.3. The third-order valence-corrected chi connectivity index (χ3v) is 2.80. The van der Waals surface area contributed by atoms with Crippen molar-refractivity contribution in [3.8, 4) is 0 Å². The van der Waals surface area contributed by atoms with E-state index < -0.39 is 0 Å². The van der Waals surface area contributed by atoms with E-state index in [9.17, 15) is 0 Å². The molecule has 1 atom stereocenters. The van der Waals surface area contributed by atoms with Crippen molar-refractivity contribution < 1.29 is 4.74 Å². The van der Waals surface area contributed by atoms with Gasteiger partial charge in [0.25, 0.3) is 0 Å². The first kappa shape index (κ1) is 18.5. The monoisotopic (exact) mass is 397 g/mol. The normalized spacial score (nSPS) is 12.5. The number of hydrogen-bond acceptors (Lipinski definition) is 2. The Morgan fingerprint density at radius 1 is 1.42 bits per heavy atom. The maximum absolute atomic E-state index is 6.09. The maximum Gasteiger partial charge on any atom is 0.191 e. The van der Waals surface area contributed by atoms with Gasteiger partial charge in [-0.15, -0.1) is 24.0 Å². The molecule has 0 saturated heterocycles. The number of halogens is 2. The minimum absolute atomic E-state index is 0. The van der Waals surface area contributed by atoms with Crippen molar-refractivity contribution in [3.05, 3.63) is 34.9 Å². The van der Waals surface area contributed by atoms with E-state index in [4.69, 9.17) is 16.3 Å². The van der Waals surface area contributed by atoms with Gasteiger partial charge in [0, 0.05) is 31.8 Å². The molecule has 1 rings (SSSR count). The van der Waals surface area contributed by atoms with E-state index in [1.54, 1.807) is 14.2 Å². The van der Waals surface area contributed by atoms with Crippen LogP contribution < -0.4 is 10.6 Å². The lowest BCUT2D eigenvalue weighted by Gasteiger charge is -2.17. The zero-order valence-corrected chi connectivity index (χ0v) is 14.5. The summed E-state index contributed by atoms with van der Waals surface area (Å²) in [4.78, 5) is 4.15. The van der Waals surface area contributed by atoms with Crippen LogP contribution >= 0.6 is 35.6 Å². The van der Waals surface area contributed by atoms with Gasteiger partial charge in [-0.3, -0.25) is 4.99 Å². The van der Waals surface area contributed by atoms with Gasteiger partial charge in [0.2, 0.25) is 0 Å². The maximum atomic E-state index is 6.09. The molecule has 0 bridgehead atoms. The van der Waals surface area contributed by atoms with Crippen molar-refractivity contribution in [2.75, 3.05) is 20.8 Å². The van der Waals surface area contributed by atoms with Crippen LogP contribution in [0.3, 0.4) is 0 Å². The molecule has 0 aliphatic carbocycles. The van der Waals surface area contributed by atoms with Crippen molar-refractivity contribution in [1.29, 1.82) is 0 Å². The second-order valence-electron chi connectivity index (χ2n) is 4.02. The Balaban J connectivity index is 0.00000324. The van der Waals surface area contributed by atoms with Crippen LogP contribution in [0.5, 0.6) is 0 Å². The third kappa shape index (κ3) is 6.98. The average Bonchev–Trinajstić information content (AvgIpc) is 2.36. The molecule has 0 heterocycles. The van der Waals surface area contributed by atoms with Gasteiger partial charge in [0.1, 0.15) is 0 Å². The van der Waals surface area contributed by atoms with E-state index >= 15 is 0 Å². The van der Waals surface area contributed by atoms with Crippen LogP contribution in [0, 0.1) is 0 Å². The highest BCUT2D eigenvalue weighted by Crippen LogP contribution is 2.14. The smallest absolute Gasteiger partial charge is 0.191 e. The fourth-order valence-corrected chi connectivity index (χ4v) is 1.74. The van der Waals surface area contributed by atoms with E-state index in [0.717, 1.165) is 16.5 Å². The number of ether oxygens (including phenoxy) is 1. The fraction of sp³-hybridized carbons (Fsp3) is 0.462. The number of rotatable bonds is 5. The Morgan fingerprint density at radius 2 is 2.11 bits per heavy atom. The van der Waals surface area contributed by atoms with Crippen molar-refractivity contribution in [1.82, 2.24) is 10.6 Å². The molecule has 0 aliphatic rings. The van der Waals surface area contributed by atoms with Gasteiger partial charge in [-0.05, 0) is 18.6 Å². The quantitative estimate of drug-likeness (QED) is 0.456. The molecule has 4 nitrogen and oxygen atoms in total. The molecule has 0 aliphatic heterocycles. The Hall–Kier alpha value is -0.530. The van der Waals surface area contributed by atoms with E-state index in [1.807, 2.05) is 31.2 Å². The SMILES string of the molecule is CN=C(NCc1ccccc1Cl)NC(C)COC.I. The van der Waals surface area contributed by atoms with Gasteiger partial charge in [0.15, 0.2) is 5.96 Å². The van der Waals surface area contributed by atoms with Gasteiger partial charge in [0.05, 0.1) is 6.61 Å². The summed E-state index contributed by atoms with van der Waals surface area (Å²) < 4.78 is 5.06. The molecular weight excluding hydrogens is 377 g/mol. The minimum Gasteiger partial charge on any atom is -0.383 e. The van der Waals surface area contributed by atoms with Crippen LogP contribution in [-0.4, -0.2) is 32.8 Å². The number of nitrogens with one attached hydrogen (secondary N) is 2. The first-order chi connectivity index (χ1) is 8.67. The topological polar surface area (TPSA) is 45.7 Å². The molecule has 6 heteroatoms. The minimum atomic E-state index is 0. The summed E-state index contributed by atoms with van der Waals surface area (Å²) in [5.74, 6) is 0.736. The summed E-state index contributed by atoms with van der Waals surface area (Å²) in [5.41, 5.74) is 1.04. The molecule has 0 saturated carbocycles. The van der Waals surface area contributed by atoms with Crippen molar-refractivity contribution >= 4 is 41.5 Å². The average molecular weight is 398 g/mol. The largest absolute Gasteiger partial charge is 0.383 e. The number of benzene rings is 1. The summed E-state index contributed by atoms with van der Waals surface area (Å²) in [6.07, 6.45) is 0. The molecule has 2 N–H and O–H groups in total. The van der Waals surface area contributed by atoms with Crippen LogP contribution in [0.25, 0.3) is 0 Å². The first-order valence-corrected chi connectivity index (χ1v) is 6.24. The molecule has 0 spiro atoms. The number of aliphatic imine (C=N–C) groups is 1. The number of methoxy groups -OCH3 is 1. The molecule has 1 aromatic carbocycles. The van der Waals surface area contributed by atoms with Crippen molar-refractivity contribution in [2.24, 2.45) is 4.99 Å². The van der Waals surface area contributed by atoms with Gasteiger partial charge < -0.3 is 15.4 Å². The highest BCUT2D eigenvalue weighted by atomic mass is 127. The summed E-state index contributed by atoms with van der Waals surface area (Å²) in [7, 11) is 3.42. The van der Waals surface area contributed by atoms with Crippen LogP contribution in [0.15, 0.2) is 29.3 Å². The van der Waals surface area contributed by atoms with Crippen LogP contribution in [0.1, 0.15) is 12.5 Å². The molecule has 19 heavy (non-hydrogen) atoms. The molecule has 108 valence electrons. The predicted molar refractivity (Wildman–Crippen MR) is 91.5 cm³/mol. The van der Waals surface area contributed by atoms with Crippen LogP contribution in [-0.2, 0) is 11.3 Å². The number of hydrogen-bond donors (Lipinski definition) is 2. The van der Waals surface area contributed by atoms with E-state index in [0.29, 0.717) is 13.2 Å². The van der Waals surface area contributed by atoms with Gasteiger partial charge in [-0.1, -0.05) is 29.8 Å². The molecule has 0 radical (unpaired) electrons. The summed E-state index contributed by atoms with van der Waals surface area (Å²) in [6.45, 7) is 3.30. The highest BCUT2D eigenvalue weighted by molar-refractivity contribution is 14.0. The number of nitrogens with zero attached hydrogens (tertiary/aromatic N) is 1. The third-order valence-electron chi connectivity index (χ3n) is 2.43. The predicted octanol–water partition coefficient (Wildman–Crippen LogP) is 2.66. The molecule has 0 amide bonds.